The van der Waals surface area contributed by atoms with E-state index in [-0.39, 0.29) is 24.5 Å². The third kappa shape index (κ3) is 4.66. The lowest BCUT2D eigenvalue weighted by Crippen LogP contribution is -2.30. The third-order valence-corrected chi connectivity index (χ3v) is 4.72. The molecule has 2 amide bonds. The average Bonchev–Trinajstić information content (AvgIpc) is 3.55. The zero-order valence-corrected chi connectivity index (χ0v) is 16.1. The predicted molar refractivity (Wildman–Crippen MR) is 112 cm³/mol. The van der Waals surface area contributed by atoms with Gasteiger partial charge in [0.15, 0.2) is 6.61 Å². The Morgan fingerprint density at radius 2 is 1.76 bits per heavy atom. The van der Waals surface area contributed by atoms with Crippen LogP contribution in [0.1, 0.15) is 23.2 Å². The van der Waals surface area contributed by atoms with Crippen LogP contribution in [0.3, 0.4) is 0 Å². The smallest absolute Gasteiger partial charge is 0.259 e. The fraction of sp³-hybridized carbons (Fsp3) is 0.217. The van der Waals surface area contributed by atoms with Gasteiger partial charge in [-0.3, -0.25) is 9.59 Å². The molecular weight excluding hydrogens is 368 g/mol. The minimum atomic E-state index is -0.318. The van der Waals surface area contributed by atoms with E-state index >= 15 is 0 Å². The fourth-order valence-electron chi connectivity index (χ4n) is 3.06. The van der Waals surface area contributed by atoms with Crippen LogP contribution in [-0.4, -0.2) is 31.6 Å². The van der Waals surface area contributed by atoms with Gasteiger partial charge in [-0.2, -0.15) is 0 Å². The number of methoxy groups -OCH3 is 1. The highest BCUT2D eigenvalue weighted by Crippen LogP contribution is 2.28. The van der Waals surface area contributed by atoms with Crippen molar-refractivity contribution in [2.24, 2.45) is 0 Å². The molecular formula is C23H22N2O4. The number of fused-ring (bicyclic) bond motifs is 1. The van der Waals surface area contributed by atoms with Crippen molar-refractivity contribution in [1.82, 2.24) is 5.32 Å². The summed E-state index contributed by atoms with van der Waals surface area (Å²) in [7, 11) is 1.57. The van der Waals surface area contributed by atoms with Crippen LogP contribution in [0.2, 0.25) is 0 Å². The van der Waals surface area contributed by atoms with E-state index in [9.17, 15) is 9.59 Å². The Hall–Kier alpha value is -3.54. The van der Waals surface area contributed by atoms with Gasteiger partial charge in [0, 0.05) is 17.8 Å². The lowest BCUT2D eigenvalue weighted by atomic mass is 10.1. The molecule has 3 aromatic rings. The Balaban J connectivity index is 1.59. The van der Waals surface area contributed by atoms with Gasteiger partial charge in [-0.25, -0.2) is 0 Å². The average molecular weight is 390 g/mol. The molecule has 1 aliphatic rings. The molecule has 0 radical (unpaired) electrons. The Kier molecular flexibility index (Phi) is 5.33. The first-order valence-corrected chi connectivity index (χ1v) is 9.53. The van der Waals surface area contributed by atoms with Gasteiger partial charge in [0.1, 0.15) is 11.5 Å². The van der Waals surface area contributed by atoms with E-state index in [0.717, 1.165) is 23.6 Å². The second-order valence-corrected chi connectivity index (χ2v) is 7.01. The third-order valence-electron chi connectivity index (χ3n) is 4.72. The minimum Gasteiger partial charge on any atom is -0.497 e. The number of anilines is 1. The van der Waals surface area contributed by atoms with Gasteiger partial charge < -0.3 is 20.1 Å². The second-order valence-electron chi connectivity index (χ2n) is 7.01. The molecule has 6 heteroatoms. The highest BCUT2D eigenvalue weighted by molar-refractivity contribution is 6.08. The highest BCUT2D eigenvalue weighted by Gasteiger charge is 2.23. The highest BCUT2D eigenvalue weighted by atomic mass is 16.5. The molecule has 1 saturated carbocycles. The molecule has 2 N–H and O–H groups in total. The minimum absolute atomic E-state index is 0.131. The number of amides is 2. The molecule has 0 spiro atoms. The zero-order valence-electron chi connectivity index (χ0n) is 16.1. The molecule has 0 unspecified atom stereocenters. The van der Waals surface area contributed by atoms with Gasteiger partial charge in [-0.15, -0.1) is 0 Å². The van der Waals surface area contributed by atoms with E-state index in [0.29, 0.717) is 22.7 Å². The number of benzene rings is 3. The summed E-state index contributed by atoms with van der Waals surface area (Å²) in [6, 6.07) is 18.7. The molecule has 3 aromatic carbocycles. The molecule has 0 heterocycles. The van der Waals surface area contributed by atoms with E-state index in [1.54, 1.807) is 43.5 Å². The van der Waals surface area contributed by atoms with Crippen LogP contribution in [0, 0.1) is 0 Å². The van der Waals surface area contributed by atoms with E-state index in [2.05, 4.69) is 10.6 Å². The van der Waals surface area contributed by atoms with Crippen LogP contribution in [0.5, 0.6) is 11.5 Å². The summed E-state index contributed by atoms with van der Waals surface area (Å²) in [5.41, 5.74) is 0.977. The molecule has 6 nitrogen and oxygen atoms in total. The monoisotopic (exact) mass is 390 g/mol. The molecule has 0 saturated heterocycles. The number of hydrogen-bond donors (Lipinski definition) is 2. The number of nitrogens with one attached hydrogen (secondary N) is 2. The Morgan fingerprint density at radius 3 is 2.48 bits per heavy atom. The summed E-state index contributed by atoms with van der Waals surface area (Å²) in [6.45, 7) is -0.131. The van der Waals surface area contributed by atoms with Gasteiger partial charge in [-0.1, -0.05) is 30.3 Å². The Bertz CT molecular complexity index is 1060. The van der Waals surface area contributed by atoms with Crippen LogP contribution >= 0.6 is 0 Å². The molecule has 1 aliphatic carbocycles. The van der Waals surface area contributed by atoms with Crippen molar-refractivity contribution in [2.75, 3.05) is 19.0 Å². The normalized spacial score (nSPS) is 13.0. The van der Waals surface area contributed by atoms with Gasteiger partial charge in [-0.05, 0) is 47.9 Å². The number of rotatable bonds is 7. The summed E-state index contributed by atoms with van der Waals surface area (Å²) in [5, 5.41) is 7.60. The van der Waals surface area contributed by atoms with Gasteiger partial charge in [0.05, 0.1) is 12.7 Å². The number of carbonyl (C=O) groups excluding carboxylic acids is 2. The van der Waals surface area contributed by atoms with Gasteiger partial charge in [0.2, 0.25) is 0 Å². The van der Waals surface area contributed by atoms with Crippen molar-refractivity contribution in [1.29, 1.82) is 0 Å². The summed E-state index contributed by atoms with van der Waals surface area (Å²) in [4.78, 5) is 25.0. The van der Waals surface area contributed by atoms with Crippen LogP contribution in [0.15, 0.2) is 60.7 Å². The number of hydrogen-bond acceptors (Lipinski definition) is 4. The quantitative estimate of drug-likeness (QED) is 0.644. The van der Waals surface area contributed by atoms with Crippen LogP contribution in [-0.2, 0) is 4.79 Å². The van der Waals surface area contributed by atoms with Crippen molar-refractivity contribution in [2.45, 2.75) is 18.9 Å². The SMILES string of the molecule is COc1cccc(NC(=O)c2cc3ccccc3cc2OCC(=O)NC2CC2)c1. The van der Waals surface area contributed by atoms with Crippen LogP contribution in [0.25, 0.3) is 10.8 Å². The van der Waals surface area contributed by atoms with E-state index < -0.39 is 0 Å². The van der Waals surface area contributed by atoms with E-state index in [1.165, 1.54) is 0 Å². The van der Waals surface area contributed by atoms with Gasteiger partial charge in [0.25, 0.3) is 11.8 Å². The first-order valence-electron chi connectivity index (χ1n) is 9.53. The maximum atomic E-state index is 13.0. The van der Waals surface area contributed by atoms with E-state index in [1.807, 2.05) is 24.3 Å². The molecule has 4 rings (SSSR count). The Labute approximate surface area is 168 Å². The summed E-state index contributed by atoms with van der Waals surface area (Å²) in [5.74, 6) is 0.519. The predicted octanol–water partition coefficient (Wildman–Crippen LogP) is 3.76. The van der Waals surface area contributed by atoms with Crippen molar-refractivity contribution in [3.8, 4) is 11.5 Å². The molecule has 0 aliphatic heterocycles. The second kappa shape index (κ2) is 8.22. The lowest BCUT2D eigenvalue weighted by molar-refractivity contribution is -0.123. The molecule has 0 atom stereocenters. The van der Waals surface area contributed by atoms with Crippen molar-refractivity contribution < 1.29 is 19.1 Å². The van der Waals surface area contributed by atoms with Crippen LogP contribution in [0.4, 0.5) is 5.69 Å². The van der Waals surface area contributed by atoms with Crippen molar-refractivity contribution >= 4 is 28.3 Å². The molecule has 1 fully saturated rings. The standard InChI is InChI=1S/C23H22N2O4/c1-28-19-8-4-7-18(13-19)25-23(27)20-11-15-5-2-3-6-16(15)12-21(20)29-14-22(26)24-17-9-10-17/h2-8,11-13,17H,9-10,14H2,1H3,(H,24,26)(H,25,27). The number of ether oxygens (including phenoxy) is 2. The zero-order chi connectivity index (χ0) is 20.2. The summed E-state index contributed by atoms with van der Waals surface area (Å²) in [6.07, 6.45) is 2.02. The largest absolute Gasteiger partial charge is 0.497 e. The first-order chi connectivity index (χ1) is 14.1. The first kappa shape index (κ1) is 18.8. The maximum Gasteiger partial charge on any atom is 0.259 e. The van der Waals surface area contributed by atoms with Crippen molar-refractivity contribution in [3.63, 3.8) is 0 Å². The lowest BCUT2D eigenvalue weighted by Gasteiger charge is -2.14. The van der Waals surface area contributed by atoms with E-state index in [4.69, 9.17) is 9.47 Å². The molecule has 0 bridgehead atoms. The topological polar surface area (TPSA) is 76.7 Å². The van der Waals surface area contributed by atoms with Gasteiger partial charge >= 0.3 is 0 Å². The summed E-state index contributed by atoms with van der Waals surface area (Å²) < 4.78 is 10.9. The number of carbonyl (C=O) groups is 2. The summed E-state index contributed by atoms with van der Waals surface area (Å²) >= 11 is 0. The maximum absolute atomic E-state index is 13.0. The molecule has 0 aromatic heterocycles. The Morgan fingerprint density at radius 1 is 1.00 bits per heavy atom. The molecule has 148 valence electrons. The van der Waals surface area contributed by atoms with Crippen molar-refractivity contribution in [3.05, 3.63) is 66.2 Å². The van der Waals surface area contributed by atoms with Crippen LogP contribution < -0.4 is 20.1 Å². The fourth-order valence-corrected chi connectivity index (χ4v) is 3.06. The molecule has 29 heavy (non-hydrogen) atoms.